The quantitative estimate of drug-likeness (QED) is 0.702. The molecular weight excluding hydrogens is 276 g/mol. The van der Waals surface area contributed by atoms with Gasteiger partial charge in [-0.25, -0.2) is 0 Å². The van der Waals surface area contributed by atoms with Crippen molar-refractivity contribution in [2.24, 2.45) is 5.92 Å². The first-order chi connectivity index (χ1) is 10.1. The zero-order valence-electron chi connectivity index (χ0n) is 14.3. The summed E-state index contributed by atoms with van der Waals surface area (Å²) in [5.74, 6) is 1.89. The Labute approximate surface area is 135 Å². The van der Waals surface area contributed by atoms with Crippen molar-refractivity contribution in [3.05, 3.63) is 35.9 Å². The highest BCUT2D eigenvalue weighted by atomic mass is 32.2. The van der Waals surface area contributed by atoms with Crippen LogP contribution in [0.4, 0.5) is 0 Å². The predicted molar refractivity (Wildman–Crippen MR) is 97.1 cm³/mol. The Balaban J connectivity index is 2.80. The Kier molecular flexibility index (Phi) is 9.05. The van der Waals surface area contributed by atoms with Gasteiger partial charge in [0.15, 0.2) is 0 Å². The normalized spacial score (nSPS) is 14.6. The van der Waals surface area contributed by atoms with Crippen LogP contribution in [-0.2, 0) is 0 Å². The first-order valence-electron chi connectivity index (χ1n) is 8.06. The summed E-state index contributed by atoms with van der Waals surface area (Å²) in [7, 11) is 2.28. The molecule has 1 aromatic carbocycles. The van der Waals surface area contributed by atoms with Gasteiger partial charge in [0.05, 0.1) is 0 Å². The molecule has 0 radical (unpaired) electrons. The Morgan fingerprint density at radius 3 is 2.33 bits per heavy atom. The Hall–Kier alpha value is -0.510. The molecular formula is C18H32N2S. The molecule has 1 rings (SSSR count). The molecule has 1 aromatic rings. The van der Waals surface area contributed by atoms with Crippen LogP contribution >= 0.6 is 11.8 Å². The summed E-state index contributed by atoms with van der Waals surface area (Å²) in [5.41, 5.74) is 1.41. The van der Waals surface area contributed by atoms with Crippen molar-refractivity contribution in [3.63, 3.8) is 0 Å². The van der Waals surface area contributed by atoms with Crippen LogP contribution in [0.3, 0.4) is 0 Å². The molecule has 2 atom stereocenters. The maximum absolute atomic E-state index is 3.64. The van der Waals surface area contributed by atoms with E-state index in [4.69, 9.17) is 0 Å². The van der Waals surface area contributed by atoms with Gasteiger partial charge >= 0.3 is 0 Å². The Bertz CT molecular complexity index is 367. The minimum absolute atomic E-state index is 0.446. The van der Waals surface area contributed by atoms with E-state index in [1.54, 1.807) is 0 Å². The topological polar surface area (TPSA) is 15.3 Å². The zero-order chi connectivity index (χ0) is 15.7. The number of thioether (sulfide) groups is 1. The van der Waals surface area contributed by atoms with Gasteiger partial charge in [-0.1, -0.05) is 51.1 Å². The summed E-state index contributed by atoms with van der Waals surface area (Å²) in [6, 6.07) is 12.0. The van der Waals surface area contributed by atoms with E-state index >= 15 is 0 Å². The SMILES string of the molecule is CCC(CSC)N(C)C(CNCC(C)C)c1ccccc1. The van der Waals surface area contributed by atoms with Gasteiger partial charge in [-0.2, -0.15) is 11.8 Å². The number of rotatable bonds is 10. The minimum Gasteiger partial charge on any atom is -0.315 e. The van der Waals surface area contributed by atoms with Crippen molar-refractivity contribution in [2.45, 2.75) is 39.3 Å². The third-order valence-electron chi connectivity index (χ3n) is 3.97. The van der Waals surface area contributed by atoms with Gasteiger partial charge in [0, 0.05) is 24.4 Å². The summed E-state index contributed by atoms with van der Waals surface area (Å²) in [4.78, 5) is 2.55. The second-order valence-corrected chi connectivity index (χ2v) is 7.07. The van der Waals surface area contributed by atoms with Crippen LogP contribution in [-0.4, -0.2) is 43.1 Å². The van der Waals surface area contributed by atoms with Crippen molar-refractivity contribution in [3.8, 4) is 0 Å². The summed E-state index contributed by atoms with van der Waals surface area (Å²) in [6.45, 7) is 8.91. The number of nitrogens with one attached hydrogen (secondary N) is 1. The molecule has 0 aliphatic heterocycles. The molecule has 1 N–H and O–H groups in total. The van der Waals surface area contributed by atoms with Gasteiger partial charge in [0.1, 0.15) is 0 Å². The highest BCUT2D eigenvalue weighted by Crippen LogP contribution is 2.23. The number of benzene rings is 1. The van der Waals surface area contributed by atoms with E-state index in [0.717, 1.165) is 13.1 Å². The monoisotopic (exact) mass is 308 g/mol. The summed E-state index contributed by atoms with van der Waals surface area (Å²) < 4.78 is 0. The van der Waals surface area contributed by atoms with Crippen molar-refractivity contribution in [2.75, 3.05) is 32.1 Å². The molecule has 2 nitrogen and oxygen atoms in total. The maximum Gasteiger partial charge on any atom is 0.0472 e. The van der Waals surface area contributed by atoms with Gasteiger partial charge < -0.3 is 5.32 Å². The van der Waals surface area contributed by atoms with E-state index in [2.05, 4.69) is 74.6 Å². The van der Waals surface area contributed by atoms with Crippen LogP contribution in [0, 0.1) is 5.92 Å². The molecule has 3 heteroatoms. The molecule has 0 aromatic heterocycles. The lowest BCUT2D eigenvalue weighted by atomic mass is 10.0. The summed E-state index contributed by atoms with van der Waals surface area (Å²) >= 11 is 1.94. The van der Waals surface area contributed by atoms with Crippen LogP contribution in [0.5, 0.6) is 0 Å². The van der Waals surface area contributed by atoms with E-state index in [1.807, 2.05) is 11.8 Å². The van der Waals surface area contributed by atoms with Crippen molar-refractivity contribution in [1.29, 1.82) is 0 Å². The van der Waals surface area contributed by atoms with E-state index < -0.39 is 0 Å². The molecule has 0 saturated carbocycles. The number of hydrogen-bond donors (Lipinski definition) is 1. The van der Waals surface area contributed by atoms with Gasteiger partial charge in [-0.15, -0.1) is 0 Å². The van der Waals surface area contributed by atoms with E-state index in [0.29, 0.717) is 18.0 Å². The first kappa shape index (κ1) is 18.5. The largest absolute Gasteiger partial charge is 0.315 e. The third-order valence-corrected chi connectivity index (χ3v) is 4.69. The summed E-state index contributed by atoms with van der Waals surface area (Å²) in [5, 5.41) is 3.64. The lowest BCUT2D eigenvalue weighted by Gasteiger charge is -2.35. The first-order valence-corrected chi connectivity index (χ1v) is 9.46. The Morgan fingerprint density at radius 1 is 1.14 bits per heavy atom. The molecule has 21 heavy (non-hydrogen) atoms. The van der Waals surface area contributed by atoms with Crippen LogP contribution < -0.4 is 5.32 Å². The molecule has 0 aliphatic rings. The number of likely N-dealkylation sites (N-methyl/N-ethyl adjacent to an activating group) is 1. The smallest absolute Gasteiger partial charge is 0.0472 e. The molecule has 0 bridgehead atoms. The fraction of sp³-hybridized carbons (Fsp3) is 0.667. The Morgan fingerprint density at radius 2 is 1.81 bits per heavy atom. The highest BCUT2D eigenvalue weighted by Gasteiger charge is 2.22. The zero-order valence-corrected chi connectivity index (χ0v) is 15.1. The van der Waals surface area contributed by atoms with Crippen molar-refractivity contribution < 1.29 is 0 Å². The summed E-state index contributed by atoms with van der Waals surface area (Å²) in [6.07, 6.45) is 3.40. The number of hydrogen-bond acceptors (Lipinski definition) is 3. The van der Waals surface area contributed by atoms with Gasteiger partial charge in [0.2, 0.25) is 0 Å². The van der Waals surface area contributed by atoms with E-state index in [9.17, 15) is 0 Å². The second kappa shape index (κ2) is 10.3. The molecule has 0 aliphatic carbocycles. The van der Waals surface area contributed by atoms with Gasteiger partial charge in [-0.05, 0) is 37.8 Å². The minimum atomic E-state index is 0.446. The second-order valence-electron chi connectivity index (χ2n) is 6.16. The van der Waals surface area contributed by atoms with E-state index in [-0.39, 0.29) is 0 Å². The van der Waals surface area contributed by atoms with Crippen molar-refractivity contribution in [1.82, 2.24) is 10.2 Å². The van der Waals surface area contributed by atoms with Gasteiger partial charge in [0.25, 0.3) is 0 Å². The molecule has 0 fully saturated rings. The predicted octanol–water partition coefficient (Wildman–Crippen LogP) is 4.05. The molecule has 0 heterocycles. The average molecular weight is 309 g/mol. The fourth-order valence-electron chi connectivity index (χ4n) is 2.65. The van der Waals surface area contributed by atoms with Crippen LogP contribution in [0.2, 0.25) is 0 Å². The standard InChI is InChI=1S/C18H32N2S/c1-6-17(14-21-5)20(4)18(13-19-12-15(2)3)16-10-8-7-9-11-16/h7-11,15,17-19H,6,12-14H2,1-5H3. The molecule has 2 unspecified atom stereocenters. The van der Waals surface area contributed by atoms with Crippen molar-refractivity contribution >= 4 is 11.8 Å². The average Bonchev–Trinajstić information content (AvgIpc) is 2.49. The van der Waals surface area contributed by atoms with Crippen LogP contribution in [0.1, 0.15) is 38.8 Å². The van der Waals surface area contributed by atoms with E-state index in [1.165, 1.54) is 17.7 Å². The van der Waals surface area contributed by atoms with Crippen LogP contribution in [0.15, 0.2) is 30.3 Å². The van der Waals surface area contributed by atoms with Gasteiger partial charge in [-0.3, -0.25) is 4.90 Å². The molecule has 0 saturated heterocycles. The maximum atomic E-state index is 3.64. The van der Waals surface area contributed by atoms with Crippen LogP contribution in [0.25, 0.3) is 0 Å². The highest BCUT2D eigenvalue weighted by molar-refractivity contribution is 7.98. The number of nitrogens with zero attached hydrogens (tertiary/aromatic N) is 1. The fourth-order valence-corrected chi connectivity index (χ4v) is 3.51. The molecule has 0 spiro atoms. The lowest BCUT2D eigenvalue weighted by molar-refractivity contribution is 0.178. The molecule has 120 valence electrons. The molecule has 0 amide bonds. The lowest BCUT2D eigenvalue weighted by Crippen LogP contribution is -2.41. The third kappa shape index (κ3) is 6.41.